The van der Waals surface area contributed by atoms with E-state index in [0.29, 0.717) is 0 Å². The van der Waals surface area contributed by atoms with Crippen LogP contribution < -0.4 is 0 Å². The molecule has 2 unspecified atom stereocenters. The summed E-state index contributed by atoms with van der Waals surface area (Å²) in [5.41, 5.74) is 2.03. The fourth-order valence-corrected chi connectivity index (χ4v) is 3.84. The van der Waals surface area contributed by atoms with E-state index in [2.05, 4.69) is 4.98 Å². The fraction of sp³-hybridized carbons (Fsp3) is 0.706. The van der Waals surface area contributed by atoms with Gasteiger partial charge in [-0.3, -0.25) is 4.98 Å². The van der Waals surface area contributed by atoms with E-state index in [-0.39, 0.29) is 11.5 Å². The number of hydrogen-bond acceptors (Lipinski definition) is 3. The van der Waals surface area contributed by atoms with Crippen LogP contribution in [-0.4, -0.2) is 22.3 Å². The Bertz CT molecular complexity index is 449. The molecule has 2 aliphatic rings. The molecule has 1 spiro atoms. The summed E-state index contributed by atoms with van der Waals surface area (Å²) in [4.78, 5) is 4.36. The van der Waals surface area contributed by atoms with Crippen LogP contribution >= 0.6 is 0 Å². The first-order chi connectivity index (χ1) is 9.69. The number of aryl methyl sites for hydroxylation is 1. The largest absolute Gasteiger partial charge is 0.387 e. The normalized spacial score (nSPS) is 27.4. The molecule has 3 rings (SSSR count). The molecule has 1 N–H and O–H groups in total. The third-order valence-corrected chi connectivity index (χ3v) is 4.98. The van der Waals surface area contributed by atoms with Gasteiger partial charge in [-0.15, -0.1) is 0 Å². The molecule has 2 fully saturated rings. The molecule has 2 heterocycles. The van der Waals surface area contributed by atoms with Crippen LogP contribution in [0.2, 0.25) is 0 Å². The highest BCUT2D eigenvalue weighted by molar-refractivity contribution is 5.17. The average Bonchev–Trinajstić information content (AvgIpc) is 2.47. The van der Waals surface area contributed by atoms with Crippen LogP contribution in [-0.2, 0) is 4.74 Å². The zero-order valence-electron chi connectivity index (χ0n) is 12.3. The van der Waals surface area contributed by atoms with Crippen molar-refractivity contribution in [1.29, 1.82) is 0 Å². The van der Waals surface area contributed by atoms with Crippen molar-refractivity contribution in [2.45, 2.75) is 63.6 Å². The molecule has 1 saturated heterocycles. The van der Waals surface area contributed by atoms with Gasteiger partial charge in [-0.1, -0.05) is 19.3 Å². The van der Waals surface area contributed by atoms with Gasteiger partial charge in [0.05, 0.1) is 17.4 Å². The first-order valence-electron chi connectivity index (χ1n) is 7.93. The lowest BCUT2D eigenvalue weighted by molar-refractivity contribution is -0.134. The predicted molar refractivity (Wildman–Crippen MR) is 78.4 cm³/mol. The Labute approximate surface area is 121 Å². The van der Waals surface area contributed by atoms with Crippen LogP contribution in [0.3, 0.4) is 0 Å². The van der Waals surface area contributed by atoms with Crippen LogP contribution in [0.5, 0.6) is 0 Å². The Balaban J connectivity index is 1.73. The smallest absolute Gasteiger partial charge is 0.0989 e. The number of aliphatic hydroxyl groups is 1. The number of pyridine rings is 1. The lowest BCUT2D eigenvalue weighted by Gasteiger charge is -2.44. The van der Waals surface area contributed by atoms with E-state index in [1.54, 1.807) is 6.20 Å². The van der Waals surface area contributed by atoms with Gasteiger partial charge in [-0.25, -0.2) is 0 Å². The molecule has 1 aromatic heterocycles. The summed E-state index contributed by atoms with van der Waals surface area (Å²) < 4.78 is 6.11. The minimum absolute atomic E-state index is 0.0476. The molecule has 3 nitrogen and oxygen atoms in total. The first-order valence-corrected chi connectivity index (χ1v) is 7.93. The van der Waals surface area contributed by atoms with Crippen molar-refractivity contribution in [2.75, 3.05) is 6.61 Å². The second-order valence-electron chi connectivity index (χ2n) is 6.55. The number of nitrogens with zero attached hydrogens (tertiary/aromatic N) is 1. The molecule has 0 aromatic carbocycles. The maximum Gasteiger partial charge on any atom is 0.0989 e. The van der Waals surface area contributed by atoms with Crippen molar-refractivity contribution in [3.05, 3.63) is 29.6 Å². The standard InChI is InChI=1S/C17H25NO2/c1-13-5-9-18-15(11-13)16(19)14-6-10-20-17(12-14)7-3-2-4-8-17/h5,9,11,14,16,19H,2-4,6-8,10,12H2,1H3. The molecule has 110 valence electrons. The number of hydrogen-bond donors (Lipinski definition) is 1. The van der Waals surface area contributed by atoms with Gasteiger partial charge in [-0.2, -0.15) is 0 Å². The van der Waals surface area contributed by atoms with E-state index in [9.17, 15) is 5.11 Å². The van der Waals surface area contributed by atoms with Gasteiger partial charge in [0, 0.05) is 12.8 Å². The van der Waals surface area contributed by atoms with Crippen molar-refractivity contribution in [3.63, 3.8) is 0 Å². The minimum Gasteiger partial charge on any atom is -0.387 e. The Kier molecular flexibility index (Phi) is 4.08. The summed E-state index contributed by atoms with van der Waals surface area (Å²) in [6.45, 7) is 2.83. The predicted octanol–water partition coefficient (Wildman–Crippen LogP) is 3.55. The molecule has 3 heteroatoms. The van der Waals surface area contributed by atoms with Gasteiger partial charge in [0.2, 0.25) is 0 Å². The maximum absolute atomic E-state index is 10.7. The molecule has 2 atom stereocenters. The van der Waals surface area contributed by atoms with E-state index in [1.807, 2.05) is 19.1 Å². The third kappa shape index (κ3) is 2.89. The van der Waals surface area contributed by atoms with E-state index >= 15 is 0 Å². The highest BCUT2D eigenvalue weighted by Crippen LogP contribution is 2.43. The van der Waals surface area contributed by atoms with Crippen LogP contribution in [0.4, 0.5) is 0 Å². The lowest BCUT2D eigenvalue weighted by atomic mass is 9.74. The molecular weight excluding hydrogens is 250 g/mol. The Morgan fingerprint density at radius 1 is 1.35 bits per heavy atom. The molecule has 1 aliphatic heterocycles. The van der Waals surface area contributed by atoms with Gasteiger partial charge in [0.25, 0.3) is 0 Å². The molecule has 1 saturated carbocycles. The van der Waals surface area contributed by atoms with Crippen LogP contribution in [0, 0.1) is 12.8 Å². The highest BCUT2D eigenvalue weighted by atomic mass is 16.5. The maximum atomic E-state index is 10.7. The second kappa shape index (κ2) is 5.82. The molecule has 0 amide bonds. The van der Waals surface area contributed by atoms with Gasteiger partial charge < -0.3 is 9.84 Å². The monoisotopic (exact) mass is 275 g/mol. The fourth-order valence-electron chi connectivity index (χ4n) is 3.84. The van der Waals surface area contributed by atoms with E-state index in [4.69, 9.17) is 4.74 Å². The zero-order valence-corrected chi connectivity index (χ0v) is 12.3. The van der Waals surface area contributed by atoms with Crippen molar-refractivity contribution < 1.29 is 9.84 Å². The average molecular weight is 275 g/mol. The highest BCUT2D eigenvalue weighted by Gasteiger charge is 2.40. The Hall–Kier alpha value is -0.930. The molecule has 20 heavy (non-hydrogen) atoms. The summed E-state index contributed by atoms with van der Waals surface area (Å²) in [7, 11) is 0. The van der Waals surface area contributed by atoms with E-state index in [0.717, 1.165) is 43.5 Å². The zero-order chi connectivity index (χ0) is 14.0. The summed E-state index contributed by atoms with van der Waals surface area (Å²) in [6, 6.07) is 3.98. The summed E-state index contributed by atoms with van der Waals surface area (Å²) in [6.07, 6.45) is 9.48. The third-order valence-electron chi connectivity index (χ3n) is 4.98. The SMILES string of the molecule is Cc1ccnc(C(O)C2CCOC3(CCCCC3)C2)c1. The summed E-state index contributed by atoms with van der Waals surface area (Å²) >= 11 is 0. The molecular formula is C17H25NO2. The molecule has 0 radical (unpaired) electrons. The second-order valence-corrected chi connectivity index (χ2v) is 6.55. The van der Waals surface area contributed by atoms with Gasteiger partial charge in [0.15, 0.2) is 0 Å². The Morgan fingerprint density at radius 3 is 2.90 bits per heavy atom. The van der Waals surface area contributed by atoms with Crippen molar-refractivity contribution in [3.8, 4) is 0 Å². The lowest BCUT2D eigenvalue weighted by Crippen LogP contribution is -2.42. The van der Waals surface area contributed by atoms with Gasteiger partial charge >= 0.3 is 0 Å². The Morgan fingerprint density at radius 2 is 2.15 bits per heavy atom. The quantitative estimate of drug-likeness (QED) is 0.897. The molecule has 0 bridgehead atoms. The van der Waals surface area contributed by atoms with Crippen LogP contribution in [0.15, 0.2) is 18.3 Å². The van der Waals surface area contributed by atoms with E-state index in [1.165, 1.54) is 19.3 Å². The van der Waals surface area contributed by atoms with Gasteiger partial charge in [0.1, 0.15) is 0 Å². The topological polar surface area (TPSA) is 42.4 Å². The van der Waals surface area contributed by atoms with Crippen LogP contribution in [0.25, 0.3) is 0 Å². The van der Waals surface area contributed by atoms with Crippen molar-refractivity contribution in [1.82, 2.24) is 4.98 Å². The summed E-state index contributed by atoms with van der Waals surface area (Å²) in [5.74, 6) is 0.288. The van der Waals surface area contributed by atoms with Crippen LogP contribution in [0.1, 0.15) is 62.3 Å². The number of aliphatic hydroxyl groups excluding tert-OH is 1. The van der Waals surface area contributed by atoms with E-state index < -0.39 is 6.10 Å². The van der Waals surface area contributed by atoms with Crippen molar-refractivity contribution in [2.24, 2.45) is 5.92 Å². The number of aromatic nitrogens is 1. The van der Waals surface area contributed by atoms with Crippen molar-refractivity contribution >= 4 is 0 Å². The minimum atomic E-state index is -0.447. The van der Waals surface area contributed by atoms with Gasteiger partial charge in [-0.05, 0) is 56.2 Å². The number of ether oxygens (including phenoxy) is 1. The first kappa shape index (κ1) is 14.0. The molecule has 1 aliphatic carbocycles. The molecule has 1 aromatic rings. The summed E-state index contributed by atoms with van der Waals surface area (Å²) in [5, 5.41) is 10.7. The number of rotatable bonds is 2.